The van der Waals surface area contributed by atoms with Crippen molar-refractivity contribution in [2.24, 2.45) is 5.73 Å². The van der Waals surface area contributed by atoms with Gasteiger partial charge in [-0.1, -0.05) is 19.1 Å². The summed E-state index contributed by atoms with van der Waals surface area (Å²) in [5.74, 6) is -0.119. The lowest BCUT2D eigenvalue weighted by molar-refractivity contribution is -0.118. The lowest BCUT2D eigenvalue weighted by Gasteiger charge is -2.11. The van der Waals surface area contributed by atoms with Gasteiger partial charge >= 0.3 is 0 Å². The van der Waals surface area contributed by atoms with E-state index in [0.29, 0.717) is 22.5 Å². The molecular formula is C19H20FN3O2S. The quantitative estimate of drug-likeness (QED) is 0.719. The van der Waals surface area contributed by atoms with E-state index in [1.165, 1.54) is 23.5 Å². The van der Waals surface area contributed by atoms with Gasteiger partial charge in [0, 0.05) is 29.8 Å². The largest absolute Gasteiger partial charge is 0.370 e. The number of carbonyl (C=O) groups is 1. The topological polar surface area (TPSA) is 78.0 Å². The summed E-state index contributed by atoms with van der Waals surface area (Å²) >= 11 is 1.46. The highest BCUT2D eigenvalue weighted by Gasteiger charge is 2.19. The van der Waals surface area contributed by atoms with Gasteiger partial charge in [0.15, 0.2) is 0 Å². The van der Waals surface area contributed by atoms with Crippen molar-refractivity contribution in [2.45, 2.75) is 39.7 Å². The SMILES string of the molecule is CCCc1nc2sc(C)c(-c3ccc(F)cc3)c2c(=O)n1CCC(N)=O. The summed E-state index contributed by atoms with van der Waals surface area (Å²) in [6.45, 7) is 4.15. The van der Waals surface area contributed by atoms with Crippen LogP contribution in [0.1, 0.15) is 30.5 Å². The number of fused-ring (bicyclic) bond motifs is 1. The molecule has 0 atom stereocenters. The molecule has 0 bridgehead atoms. The third-order valence-electron chi connectivity index (χ3n) is 4.26. The molecule has 0 radical (unpaired) electrons. The maximum Gasteiger partial charge on any atom is 0.262 e. The van der Waals surface area contributed by atoms with Crippen LogP contribution in [0.5, 0.6) is 0 Å². The average molecular weight is 373 g/mol. The maximum atomic E-state index is 13.3. The third-order valence-corrected chi connectivity index (χ3v) is 5.25. The van der Waals surface area contributed by atoms with E-state index >= 15 is 0 Å². The van der Waals surface area contributed by atoms with Gasteiger partial charge in [0.2, 0.25) is 5.91 Å². The first kappa shape index (κ1) is 18.3. The molecule has 0 saturated carbocycles. The second-order valence-corrected chi connectivity index (χ2v) is 7.37. The number of halogens is 1. The molecule has 0 saturated heterocycles. The summed E-state index contributed by atoms with van der Waals surface area (Å²) in [6.07, 6.45) is 1.56. The van der Waals surface area contributed by atoms with Crippen molar-refractivity contribution >= 4 is 27.5 Å². The Kier molecular flexibility index (Phi) is 5.18. The van der Waals surface area contributed by atoms with Gasteiger partial charge in [-0.25, -0.2) is 9.37 Å². The molecule has 0 unspecified atom stereocenters. The number of rotatable bonds is 6. The Bertz CT molecular complexity index is 1020. The highest BCUT2D eigenvalue weighted by Crippen LogP contribution is 2.35. The number of aromatic nitrogens is 2. The minimum Gasteiger partial charge on any atom is -0.370 e. The van der Waals surface area contributed by atoms with E-state index in [-0.39, 0.29) is 24.3 Å². The standard InChI is InChI=1S/C19H20FN3O2S/c1-3-4-15-22-18-17(19(25)23(15)10-9-14(21)24)16(11(2)26-18)12-5-7-13(20)8-6-12/h5-8H,3-4,9-10H2,1-2H3,(H2,21,24). The minimum absolute atomic E-state index is 0.0822. The summed E-state index contributed by atoms with van der Waals surface area (Å²) in [5.41, 5.74) is 6.63. The fraction of sp³-hybridized carbons (Fsp3) is 0.316. The molecule has 2 aromatic heterocycles. The van der Waals surface area contributed by atoms with Crippen molar-refractivity contribution in [3.8, 4) is 11.1 Å². The fourth-order valence-corrected chi connectivity index (χ4v) is 4.12. The minimum atomic E-state index is -0.459. The normalized spacial score (nSPS) is 11.2. The summed E-state index contributed by atoms with van der Waals surface area (Å²) in [7, 11) is 0. The number of carbonyl (C=O) groups excluding carboxylic acids is 1. The van der Waals surface area contributed by atoms with Crippen LogP contribution >= 0.6 is 11.3 Å². The van der Waals surface area contributed by atoms with Crippen LogP contribution in [0, 0.1) is 12.7 Å². The lowest BCUT2D eigenvalue weighted by atomic mass is 10.0. The number of primary amides is 1. The van der Waals surface area contributed by atoms with Gasteiger partial charge in [0.1, 0.15) is 16.5 Å². The van der Waals surface area contributed by atoms with Crippen molar-refractivity contribution in [1.82, 2.24) is 9.55 Å². The Morgan fingerprint density at radius 1 is 1.31 bits per heavy atom. The molecule has 3 aromatic rings. The second kappa shape index (κ2) is 7.37. The Labute approximate surface area is 154 Å². The Morgan fingerprint density at radius 2 is 2.00 bits per heavy atom. The number of hydrogen-bond donors (Lipinski definition) is 1. The lowest BCUT2D eigenvalue weighted by Crippen LogP contribution is -2.27. The third kappa shape index (κ3) is 3.39. The number of thiophene rings is 1. The molecule has 0 aliphatic carbocycles. The first-order valence-corrected chi connectivity index (χ1v) is 9.31. The summed E-state index contributed by atoms with van der Waals surface area (Å²) in [6, 6.07) is 6.08. The van der Waals surface area contributed by atoms with Gasteiger partial charge < -0.3 is 5.73 Å². The number of amides is 1. The van der Waals surface area contributed by atoms with Gasteiger partial charge in [0.05, 0.1) is 5.39 Å². The zero-order valence-corrected chi connectivity index (χ0v) is 15.5. The van der Waals surface area contributed by atoms with Crippen LogP contribution in [-0.2, 0) is 17.8 Å². The molecule has 0 fully saturated rings. The van der Waals surface area contributed by atoms with Crippen LogP contribution in [0.25, 0.3) is 21.3 Å². The van der Waals surface area contributed by atoms with Gasteiger partial charge in [-0.05, 0) is 31.0 Å². The van der Waals surface area contributed by atoms with Crippen molar-refractivity contribution in [3.63, 3.8) is 0 Å². The summed E-state index contributed by atoms with van der Waals surface area (Å²) in [5, 5.41) is 0.517. The molecule has 1 amide bonds. The van der Waals surface area contributed by atoms with Crippen LogP contribution < -0.4 is 11.3 Å². The van der Waals surface area contributed by atoms with Crippen molar-refractivity contribution in [1.29, 1.82) is 0 Å². The molecule has 26 heavy (non-hydrogen) atoms. The average Bonchev–Trinajstić information content (AvgIpc) is 2.91. The molecule has 2 N–H and O–H groups in total. The van der Waals surface area contributed by atoms with Gasteiger partial charge in [0.25, 0.3) is 5.56 Å². The molecule has 7 heteroatoms. The predicted octanol–water partition coefficient (Wildman–Crippen LogP) is 3.40. The van der Waals surface area contributed by atoms with E-state index in [9.17, 15) is 14.0 Å². The Morgan fingerprint density at radius 3 is 2.62 bits per heavy atom. The van der Waals surface area contributed by atoms with Gasteiger partial charge in [-0.15, -0.1) is 11.3 Å². The first-order chi connectivity index (χ1) is 12.4. The zero-order valence-electron chi connectivity index (χ0n) is 14.7. The Hall–Kier alpha value is -2.54. The van der Waals surface area contributed by atoms with Crippen molar-refractivity contribution in [3.05, 3.63) is 51.1 Å². The highest BCUT2D eigenvalue weighted by atomic mass is 32.1. The highest BCUT2D eigenvalue weighted by molar-refractivity contribution is 7.19. The van der Waals surface area contributed by atoms with E-state index in [4.69, 9.17) is 5.73 Å². The van der Waals surface area contributed by atoms with Gasteiger partial charge in [-0.2, -0.15) is 0 Å². The molecule has 3 rings (SSSR count). The van der Waals surface area contributed by atoms with E-state index < -0.39 is 5.91 Å². The second-order valence-electron chi connectivity index (χ2n) is 6.17. The molecule has 0 aliphatic heterocycles. The zero-order chi connectivity index (χ0) is 18.8. The number of nitrogens with zero attached hydrogens (tertiary/aromatic N) is 2. The predicted molar refractivity (Wildman–Crippen MR) is 102 cm³/mol. The molecule has 5 nitrogen and oxygen atoms in total. The summed E-state index contributed by atoms with van der Waals surface area (Å²) in [4.78, 5) is 30.7. The monoisotopic (exact) mass is 373 g/mol. The fourth-order valence-electron chi connectivity index (χ4n) is 3.07. The number of nitrogens with two attached hydrogens (primary N) is 1. The smallest absolute Gasteiger partial charge is 0.262 e. The van der Waals surface area contributed by atoms with E-state index in [1.54, 1.807) is 16.7 Å². The van der Waals surface area contributed by atoms with Crippen LogP contribution in [0.15, 0.2) is 29.1 Å². The van der Waals surface area contributed by atoms with E-state index in [1.807, 2.05) is 13.8 Å². The molecular weight excluding hydrogens is 353 g/mol. The number of hydrogen-bond acceptors (Lipinski definition) is 4. The van der Waals surface area contributed by atoms with Crippen LogP contribution in [0.4, 0.5) is 4.39 Å². The molecule has 0 aliphatic rings. The molecule has 2 heterocycles. The molecule has 0 spiro atoms. The van der Waals surface area contributed by atoms with Crippen molar-refractivity contribution in [2.75, 3.05) is 0 Å². The first-order valence-electron chi connectivity index (χ1n) is 8.49. The maximum absolute atomic E-state index is 13.3. The van der Waals surface area contributed by atoms with Crippen LogP contribution in [0.3, 0.4) is 0 Å². The van der Waals surface area contributed by atoms with Crippen LogP contribution in [-0.4, -0.2) is 15.5 Å². The summed E-state index contributed by atoms with van der Waals surface area (Å²) < 4.78 is 14.8. The number of benzene rings is 1. The number of aryl methyl sites for hydroxylation is 2. The van der Waals surface area contributed by atoms with E-state index in [2.05, 4.69) is 4.98 Å². The van der Waals surface area contributed by atoms with Gasteiger partial charge in [-0.3, -0.25) is 14.2 Å². The molecule has 136 valence electrons. The van der Waals surface area contributed by atoms with E-state index in [0.717, 1.165) is 22.4 Å². The van der Waals surface area contributed by atoms with Crippen LogP contribution in [0.2, 0.25) is 0 Å². The molecule has 1 aromatic carbocycles. The van der Waals surface area contributed by atoms with Crippen molar-refractivity contribution < 1.29 is 9.18 Å². The Balaban J connectivity index is 2.26.